The van der Waals surface area contributed by atoms with Crippen molar-refractivity contribution >= 4 is 22.3 Å². The molecule has 8 aromatic rings. The van der Waals surface area contributed by atoms with E-state index in [1.807, 2.05) is 0 Å². The van der Waals surface area contributed by atoms with Gasteiger partial charge >= 0.3 is 0 Å². The quantitative estimate of drug-likeness (QED) is 0.111. The smallest absolute Gasteiger partial charge is 0.200 e. The fraction of sp³-hybridized carbons (Fsp3) is 0. The summed E-state index contributed by atoms with van der Waals surface area (Å²) < 4.78 is 169. The van der Waals surface area contributed by atoms with Gasteiger partial charge in [-0.05, 0) is 59.7 Å². The predicted octanol–water partition coefficient (Wildman–Crippen LogP) is 8.49. The average Bonchev–Trinajstić information content (AvgIpc) is 4.09. The average molecular weight is 800 g/mol. The molecule has 0 atom stereocenters. The number of hydrogen-bond acceptors (Lipinski definition) is 3. The molecular weight excluding hydrogens is 780 g/mol. The molecule has 4 aromatic carbocycles. The van der Waals surface area contributed by atoms with E-state index in [-0.39, 0.29) is 44.5 Å². The number of benzene rings is 4. The molecule has 8 bridgehead atoms. The molecule has 9 rings (SSSR count). The zero-order valence-corrected chi connectivity index (χ0v) is 28.9. The van der Waals surface area contributed by atoms with Gasteiger partial charge in [-0.15, -0.1) is 0 Å². The van der Waals surface area contributed by atoms with Crippen LogP contribution < -0.4 is 21.7 Å². The highest BCUT2D eigenvalue weighted by molar-refractivity contribution is 5.84. The van der Waals surface area contributed by atoms with Gasteiger partial charge in [-0.1, -0.05) is 60.7 Å². The molecule has 58 heavy (non-hydrogen) atoms. The van der Waals surface area contributed by atoms with E-state index in [9.17, 15) is 26.3 Å². The van der Waals surface area contributed by atoms with Gasteiger partial charge in [-0.2, -0.15) is 0 Å². The van der Waals surface area contributed by atoms with Gasteiger partial charge in [0.15, 0.2) is 46.5 Å². The van der Waals surface area contributed by atoms with E-state index >= 15 is 17.6 Å². The number of aromatic amines is 1. The fourth-order valence-electron chi connectivity index (χ4n) is 6.96. The van der Waals surface area contributed by atoms with E-state index in [2.05, 4.69) is 4.98 Å². The van der Waals surface area contributed by atoms with Gasteiger partial charge in [0.2, 0.25) is 11.6 Å². The lowest BCUT2D eigenvalue weighted by molar-refractivity contribution is 0.375. The van der Waals surface area contributed by atoms with E-state index in [1.165, 1.54) is 48.5 Å². The number of rotatable bonds is 4. The first-order valence-electron chi connectivity index (χ1n) is 17.1. The summed E-state index contributed by atoms with van der Waals surface area (Å²) in [6.45, 7) is 0. The minimum Gasteiger partial charge on any atom is -0.456 e. The van der Waals surface area contributed by atoms with Crippen LogP contribution in [-0.4, -0.2) is 4.98 Å². The topological polar surface area (TPSA) is 55.2 Å². The Balaban J connectivity index is 1.49. The van der Waals surface area contributed by atoms with Crippen molar-refractivity contribution in [2.24, 2.45) is 0 Å². The zero-order valence-electron chi connectivity index (χ0n) is 28.9. The Morgan fingerprint density at radius 3 is 1.12 bits per heavy atom. The van der Waals surface area contributed by atoms with E-state index in [1.54, 1.807) is 60.7 Å². The van der Waals surface area contributed by atoms with Crippen LogP contribution in [0.15, 0.2) is 122 Å². The van der Waals surface area contributed by atoms with Crippen molar-refractivity contribution < 1.29 is 57.2 Å². The van der Waals surface area contributed by atoms with E-state index in [0.29, 0.717) is 11.1 Å². The van der Waals surface area contributed by atoms with Gasteiger partial charge in [0.25, 0.3) is 0 Å². The van der Waals surface area contributed by atoms with Crippen molar-refractivity contribution in [1.82, 2.24) is 4.98 Å². The fourth-order valence-corrected chi connectivity index (χ4v) is 6.96. The highest BCUT2D eigenvalue weighted by Gasteiger charge is 2.33. The van der Waals surface area contributed by atoms with Crippen LogP contribution in [0, 0.1) is 58.2 Å². The van der Waals surface area contributed by atoms with E-state index < -0.39 is 91.6 Å². The summed E-state index contributed by atoms with van der Waals surface area (Å²) in [5, 5.41) is 0. The number of aromatic nitrogens is 1. The Hall–Kier alpha value is -7.22. The molecule has 0 amide bonds. The maximum absolute atomic E-state index is 15.7. The summed E-state index contributed by atoms with van der Waals surface area (Å²) in [4.78, 5) is 2.96. The molecule has 1 N–H and O–H groups in total. The summed E-state index contributed by atoms with van der Waals surface area (Å²) >= 11 is 0. The SMILES string of the molecule is Fc1c(F)c(F)c(/C2=c3\cc/c(o3)=C(\c3ccccc3)c3ccc(o3)/C(c3c(F)c(F)c(F)c(F)c3F)=c3/cc/c(o3)=C(\c3ccccc3)c3ccc2[nH]3)c(F)c1F. The monoisotopic (exact) mass is 799 g/mol. The molecule has 4 nitrogen and oxygen atoms in total. The lowest BCUT2D eigenvalue weighted by Crippen LogP contribution is -2.16. The summed E-state index contributed by atoms with van der Waals surface area (Å²) in [6, 6.07) is 26.6. The molecule has 0 saturated heterocycles. The number of furan rings is 3. The molecule has 1 aliphatic rings. The second-order valence-corrected chi connectivity index (χ2v) is 12.9. The van der Waals surface area contributed by atoms with Crippen LogP contribution in [0.3, 0.4) is 0 Å². The maximum Gasteiger partial charge on any atom is 0.200 e. The lowest BCUT2D eigenvalue weighted by Gasteiger charge is -2.11. The van der Waals surface area contributed by atoms with Crippen molar-refractivity contribution in [2.75, 3.05) is 0 Å². The van der Waals surface area contributed by atoms with Gasteiger partial charge in [-0.3, -0.25) is 0 Å². The molecule has 5 heterocycles. The summed E-state index contributed by atoms with van der Waals surface area (Å²) in [5.41, 5.74) is -3.88. The van der Waals surface area contributed by atoms with E-state index in [4.69, 9.17) is 13.3 Å². The van der Waals surface area contributed by atoms with Gasteiger partial charge in [0.05, 0.1) is 39.2 Å². The molecular formula is C44H19F10NO3. The van der Waals surface area contributed by atoms with Crippen molar-refractivity contribution in [3.63, 3.8) is 0 Å². The Bertz CT molecular complexity index is 2960. The molecule has 0 spiro atoms. The van der Waals surface area contributed by atoms with E-state index in [0.717, 1.165) is 0 Å². The van der Waals surface area contributed by atoms with Crippen LogP contribution in [0.5, 0.6) is 0 Å². The van der Waals surface area contributed by atoms with Crippen LogP contribution in [-0.2, 0) is 0 Å². The highest BCUT2D eigenvalue weighted by Crippen LogP contribution is 2.35. The summed E-state index contributed by atoms with van der Waals surface area (Å²) in [5.74, 6) is -22.8. The highest BCUT2D eigenvalue weighted by atomic mass is 19.2. The molecule has 288 valence electrons. The van der Waals surface area contributed by atoms with Gasteiger partial charge in [0.1, 0.15) is 33.2 Å². The van der Waals surface area contributed by atoms with Crippen molar-refractivity contribution in [2.45, 2.75) is 0 Å². The van der Waals surface area contributed by atoms with Gasteiger partial charge < -0.3 is 18.2 Å². The van der Waals surface area contributed by atoms with Crippen LogP contribution in [0.4, 0.5) is 43.9 Å². The molecule has 4 aromatic heterocycles. The Morgan fingerprint density at radius 1 is 0.293 bits per heavy atom. The summed E-state index contributed by atoms with van der Waals surface area (Å²) in [7, 11) is 0. The molecule has 0 aliphatic carbocycles. The number of H-pyrrole nitrogens is 1. The Labute approximate surface area is 318 Å². The first-order chi connectivity index (χ1) is 27.9. The first-order valence-corrected chi connectivity index (χ1v) is 17.1. The zero-order chi connectivity index (χ0) is 40.6. The van der Waals surface area contributed by atoms with Crippen LogP contribution >= 0.6 is 0 Å². The Morgan fingerprint density at radius 2 is 0.638 bits per heavy atom. The van der Waals surface area contributed by atoms with Crippen molar-refractivity contribution in [3.05, 3.63) is 234 Å². The molecule has 1 aliphatic heterocycles. The number of nitrogens with one attached hydrogen (secondary N) is 1. The number of fused-ring (bicyclic) bond motifs is 8. The molecule has 0 saturated carbocycles. The molecule has 0 radical (unpaired) electrons. The third kappa shape index (κ3) is 5.62. The maximum atomic E-state index is 15.7. The van der Waals surface area contributed by atoms with Gasteiger partial charge in [0, 0.05) is 5.57 Å². The van der Waals surface area contributed by atoms with Gasteiger partial charge in [-0.25, -0.2) is 43.9 Å². The van der Waals surface area contributed by atoms with Crippen molar-refractivity contribution in [3.8, 4) is 0 Å². The first kappa shape index (κ1) is 36.4. The minimum absolute atomic E-state index is 0.0653. The predicted molar refractivity (Wildman–Crippen MR) is 187 cm³/mol. The van der Waals surface area contributed by atoms with Crippen molar-refractivity contribution in [1.29, 1.82) is 0 Å². The molecule has 0 fully saturated rings. The third-order valence-electron chi connectivity index (χ3n) is 9.57. The largest absolute Gasteiger partial charge is 0.456 e. The minimum atomic E-state index is -2.38. The summed E-state index contributed by atoms with van der Waals surface area (Å²) in [6.07, 6.45) is 0. The third-order valence-corrected chi connectivity index (χ3v) is 9.57. The molecule has 14 heteroatoms. The van der Waals surface area contributed by atoms with Crippen LogP contribution in [0.2, 0.25) is 0 Å². The van der Waals surface area contributed by atoms with Crippen LogP contribution in [0.1, 0.15) is 45.2 Å². The van der Waals surface area contributed by atoms with Crippen LogP contribution in [0.25, 0.3) is 22.3 Å². The second-order valence-electron chi connectivity index (χ2n) is 12.9. The second kappa shape index (κ2) is 13.8. The normalized spacial score (nSPS) is 16.6. The number of halogens is 10. The lowest BCUT2D eigenvalue weighted by atomic mass is 10.0. The number of hydrogen-bond donors (Lipinski definition) is 1. The standard InChI is InChI=1S/C44H19F10NO3/c45-35-33(36(46)40(50)43(53)39(35)49)31-22-12-11-21(55-22)29(19-7-3-1-4-8-19)23-13-17-27(56-23)32(34-37(47)41(51)44(54)42(52)38(34)48)28-18-15-25(58-28)30(20-9-5-2-6-10-20)24-14-16-26(31)57-24/h1-18,55H/b29-21?,29-23-,30-24-,30-25?,31-22?,31-26+,32-27+,32-28?. The molecule has 0 unspecified atom stereocenters. The Kier molecular flexibility index (Phi) is 8.64.